The highest BCUT2D eigenvalue weighted by Gasteiger charge is 2.20. The molecule has 78 valence electrons. The van der Waals surface area contributed by atoms with Crippen molar-refractivity contribution in [3.63, 3.8) is 0 Å². The molecule has 1 amide bonds. The summed E-state index contributed by atoms with van der Waals surface area (Å²) in [6.07, 6.45) is 0.953. The Labute approximate surface area is 80.5 Å². The van der Waals surface area contributed by atoms with Gasteiger partial charge in [0.15, 0.2) is 0 Å². The van der Waals surface area contributed by atoms with E-state index in [2.05, 4.69) is 10.2 Å². The molecule has 0 unspecified atom stereocenters. The van der Waals surface area contributed by atoms with E-state index in [4.69, 9.17) is 5.73 Å². The highest BCUT2D eigenvalue weighted by Crippen LogP contribution is 1.95. The summed E-state index contributed by atoms with van der Waals surface area (Å²) in [7, 11) is 4.02. The Hall–Kier alpha value is -0.610. The molecule has 0 saturated carbocycles. The monoisotopic (exact) mass is 187 g/mol. The van der Waals surface area contributed by atoms with Crippen molar-refractivity contribution < 1.29 is 4.79 Å². The molecule has 3 N–H and O–H groups in total. The molecule has 0 spiro atoms. The average Bonchev–Trinajstić information content (AvgIpc) is 1.95. The topological polar surface area (TPSA) is 58.4 Å². The van der Waals surface area contributed by atoms with Crippen molar-refractivity contribution >= 4 is 5.91 Å². The molecule has 0 radical (unpaired) electrons. The summed E-state index contributed by atoms with van der Waals surface area (Å²) in [5, 5.41) is 2.79. The Kier molecular flexibility index (Phi) is 4.95. The van der Waals surface area contributed by atoms with Crippen LogP contribution in [0.1, 0.15) is 20.3 Å². The molecule has 0 aliphatic rings. The largest absolute Gasteiger partial charge is 0.354 e. The summed E-state index contributed by atoms with van der Waals surface area (Å²) in [5.41, 5.74) is 4.83. The van der Waals surface area contributed by atoms with Gasteiger partial charge in [0, 0.05) is 6.54 Å². The number of amides is 1. The van der Waals surface area contributed by atoms with Crippen LogP contribution in [0.3, 0.4) is 0 Å². The molecule has 4 heteroatoms. The highest BCUT2D eigenvalue weighted by atomic mass is 16.2. The summed E-state index contributed by atoms with van der Waals surface area (Å²) >= 11 is 0. The van der Waals surface area contributed by atoms with Gasteiger partial charge in [-0.1, -0.05) is 0 Å². The second-order valence-corrected chi connectivity index (χ2v) is 4.13. The molecule has 0 atom stereocenters. The number of carbonyl (C=O) groups is 1. The fourth-order valence-electron chi connectivity index (χ4n) is 0.825. The van der Waals surface area contributed by atoms with E-state index in [0.717, 1.165) is 13.0 Å². The molecule has 4 nitrogen and oxygen atoms in total. The van der Waals surface area contributed by atoms with Crippen LogP contribution >= 0.6 is 0 Å². The van der Waals surface area contributed by atoms with Gasteiger partial charge in [0.2, 0.25) is 5.91 Å². The molecule has 0 fully saturated rings. The lowest BCUT2D eigenvalue weighted by atomic mass is 10.1. The number of nitrogens with one attached hydrogen (secondary N) is 1. The lowest BCUT2D eigenvalue weighted by molar-refractivity contribution is -0.125. The van der Waals surface area contributed by atoms with E-state index in [-0.39, 0.29) is 5.91 Å². The predicted octanol–water partition coefficient (Wildman–Crippen LogP) is -0.208. The Balaban J connectivity index is 3.49. The maximum absolute atomic E-state index is 11.3. The minimum absolute atomic E-state index is 0.0914. The van der Waals surface area contributed by atoms with E-state index in [1.54, 1.807) is 13.8 Å². The first-order valence-corrected chi connectivity index (χ1v) is 4.56. The minimum Gasteiger partial charge on any atom is -0.354 e. The predicted molar refractivity (Wildman–Crippen MR) is 54.4 cm³/mol. The van der Waals surface area contributed by atoms with Crippen molar-refractivity contribution in [2.45, 2.75) is 25.8 Å². The molecule has 0 aromatic rings. The van der Waals surface area contributed by atoms with Gasteiger partial charge in [-0.25, -0.2) is 0 Å². The van der Waals surface area contributed by atoms with Crippen LogP contribution in [-0.4, -0.2) is 43.5 Å². The lowest BCUT2D eigenvalue weighted by Crippen LogP contribution is -2.49. The number of carbonyl (C=O) groups excluding carboxylic acids is 1. The highest BCUT2D eigenvalue weighted by molar-refractivity contribution is 5.84. The van der Waals surface area contributed by atoms with Crippen LogP contribution < -0.4 is 11.1 Å². The molecule has 0 aliphatic carbocycles. The standard InChI is InChI=1S/C9H21N3O/c1-9(2,10)8(13)11-6-5-7-12(3)4/h5-7,10H2,1-4H3,(H,11,13). The van der Waals surface area contributed by atoms with Crippen molar-refractivity contribution in [2.24, 2.45) is 5.73 Å². The number of nitrogens with two attached hydrogens (primary N) is 1. The van der Waals surface area contributed by atoms with Gasteiger partial charge in [-0.3, -0.25) is 4.79 Å². The summed E-state index contributed by atoms with van der Waals surface area (Å²) in [6.45, 7) is 5.07. The molecular weight excluding hydrogens is 166 g/mol. The van der Waals surface area contributed by atoms with Crippen molar-refractivity contribution in [2.75, 3.05) is 27.2 Å². The van der Waals surface area contributed by atoms with Crippen molar-refractivity contribution in [1.82, 2.24) is 10.2 Å². The first kappa shape index (κ1) is 12.4. The quantitative estimate of drug-likeness (QED) is 0.586. The van der Waals surface area contributed by atoms with Gasteiger partial charge in [-0.2, -0.15) is 0 Å². The van der Waals surface area contributed by atoms with Gasteiger partial charge in [0.05, 0.1) is 5.54 Å². The number of nitrogens with zero attached hydrogens (tertiary/aromatic N) is 1. The molecule has 0 rings (SSSR count). The SMILES string of the molecule is CN(C)CCCNC(=O)C(C)(C)N. The van der Waals surface area contributed by atoms with Crippen LogP contribution in [0, 0.1) is 0 Å². The smallest absolute Gasteiger partial charge is 0.239 e. The molecule has 0 bridgehead atoms. The van der Waals surface area contributed by atoms with Gasteiger partial charge in [0.25, 0.3) is 0 Å². The fraction of sp³-hybridized carbons (Fsp3) is 0.889. The van der Waals surface area contributed by atoms with Gasteiger partial charge in [-0.05, 0) is 40.9 Å². The third kappa shape index (κ3) is 6.54. The number of rotatable bonds is 5. The van der Waals surface area contributed by atoms with Crippen molar-refractivity contribution in [3.05, 3.63) is 0 Å². The molecule has 0 aromatic heterocycles. The second kappa shape index (κ2) is 5.19. The lowest BCUT2D eigenvalue weighted by Gasteiger charge is -2.18. The number of hydrogen-bond acceptors (Lipinski definition) is 3. The zero-order valence-corrected chi connectivity index (χ0v) is 9.05. The van der Waals surface area contributed by atoms with E-state index in [0.29, 0.717) is 6.54 Å². The maximum Gasteiger partial charge on any atom is 0.239 e. The molecule has 0 heterocycles. The molecule has 0 saturated heterocycles. The van der Waals surface area contributed by atoms with Crippen LogP contribution in [0.2, 0.25) is 0 Å². The van der Waals surface area contributed by atoms with Crippen LogP contribution in [0.15, 0.2) is 0 Å². The summed E-state index contributed by atoms with van der Waals surface area (Å²) in [5.74, 6) is -0.0914. The van der Waals surface area contributed by atoms with E-state index in [9.17, 15) is 4.79 Å². The maximum atomic E-state index is 11.3. The number of hydrogen-bond donors (Lipinski definition) is 2. The molecule has 0 aliphatic heterocycles. The van der Waals surface area contributed by atoms with Crippen molar-refractivity contribution in [1.29, 1.82) is 0 Å². The summed E-state index contributed by atoms with van der Waals surface area (Å²) in [6, 6.07) is 0. The van der Waals surface area contributed by atoms with Gasteiger partial charge in [0.1, 0.15) is 0 Å². The van der Waals surface area contributed by atoms with Crippen LogP contribution in [0.5, 0.6) is 0 Å². The Morgan fingerprint density at radius 3 is 2.38 bits per heavy atom. The van der Waals surface area contributed by atoms with Crippen LogP contribution in [-0.2, 0) is 4.79 Å². The minimum atomic E-state index is -0.766. The van der Waals surface area contributed by atoms with E-state index < -0.39 is 5.54 Å². The third-order valence-electron chi connectivity index (χ3n) is 1.65. The molecule has 0 aromatic carbocycles. The second-order valence-electron chi connectivity index (χ2n) is 4.13. The van der Waals surface area contributed by atoms with Gasteiger partial charge < -0.3 is 16.0 Å². The van der Waals surface area contributed by atoms with Gasteiger partial charge in [-0.15, -0.1) is 0 Å². The zero-order valence-electron chi connectivity index (χ0n) is 9.05. The van der Waals surface area contributed by atoms with Gasteiger partial charge >= 0.3 is 0 Å². The van der Waals surface area contributed by atoms with Crippen LogP contribution in [0.25, 0.3) is 0 Å². The van der Waals surface area contributed by atoms with E-state index in [1.807, 2.05) is 14.1 Å². The van der Waals surface area contributed by atoms with E-state index in [1.165, 1.54) is 0 Å². The van der Waals surface area contributed by atoms with E-state index >= 15 is 0 Å². The summed E-state index contributed by atoms with van der Waals surface area (Å²) in [4.78, 5) is 13.3. The Bertz CT molecular complexity index is 161. The molecular formula is C9H21N3O. The normalized spacial score (nSPS) is 11.8. The third-order valence-corrected chi connectivity index (χ3v) is 1.65. The molecule has 13 heavy (non-hydrogen) atoms. The summed E-state index contributed by atoms with van der Waals surface area (Å²) < 4.78 is 0. The Morgan fingerprint density at radius 1 is 1.46 bits per heavy atom. The van der Waals surface area contributed by atoms with Crippen molar-refractivity contribution in [3.8, 4) is 0 Å². The fourth-order valence-corrected chi connectivity index (χ4v) is 0.825. The zero-order chi connectivity index (χ0) is 10.5. The first-order chi connectivity index (χ1) is 5.84. The van der Waals surface area contributed by atoms with Crippen LogP contribution in [0.4, 0.5) is 0 Å². The Morgan fingerprint density at radius 2 is 2.00 bits per heavy atom. The first-order valence-electron chi connectivity index (χ1n) is 4.56. The average molecular weight is 187 g/mol.